The molecule has 2 N–H and O–H groups in total. The summed E-state index contributed by atoms with van der Waals surface area (Å²) in [5.41, 5.74) is 1.23. The maximum atomic E-state index is 14.5. The third-order valence-corrected chi connectivity index (χ3v) is 9.32. The van der Waals surface area contributed by atoms with Gasteiger partial charge in [-0.05, 0) is 49.1 Å². The maximum Gasteiger partial charge on any atom is 0.280 e. The zero-order valence-corrected chi connectivity index (χ0v) is 29.7. The van der Waals surface area contributed by atoms with Gasteiger partial charge in [0.2, 0.25) is 5.88 Å². The Morgan fingerprint density at radius 1 is 1.04 bits per heavy atom. The molecule has 1 amide bonds. The fourth-order valence-electron chi connectivity index (χ4n) is 5.59. The molecular formula is C38H45N5O5S. The number of nitriles is 1. The number of anilines is 1. The Labute approximate surface area is 291 Å². The summed E-state index contributed by atoms with van der Waals surface area (Å²) in [7, 11) is 2.94. The van der Waals surface area contributed by atoms with E-state index in [9.17, 15) is 25.1 Å². The van der Waals surface area contributed by atoms with Gasteiger partial charge in [-0.15, -0.1) is 0 Å². The number of aliphatic hydroxyl groups excluding tert-OH is 1. The molecule has 11 heteroatoms. The minimum atomic E-state index is -0.678. The Balaban J connectivity index is 2.13. The Hall–Kier alpha value is -4.92. The van der Waals surface area contributed by atoms with Crippen LogP contribution >= 0.6 is 11.3 Å². The minimum Gasteiger partial charge on any atom is -0.496 e. The number of carbonyl (C=O) groups excluding carboxylic acids is 1. The molecule has 0 unspecified atom stereocenters. The van der Waals surface area contributed by atoms with Crippen LogP contribution in [0.5, 0.6) is 11.6 Å². The predicted octanol–water partition coefficient (Wildman–Crippen LogP) is 5.27. The van der Waals surface area contributed by atoms with E-state index in [0.29, 0.717) is 39.4 Å². The highest BCUT2D eigenvalue weighted by molar-refractivity contribution is 7.16. The van der Waals surface area contributed by atoms with Crippen LogP contribution in [0.1, 0.15) is 85.7 Å². The molecule has 10 nitrogen and oxygen atoms in total. The lowest BCUT2D eigenvalue weighted by Crippen LogP contribution is -2.53. The summed E-state index contributed by atoms with van der Waals surface area (Å²) in [5.74, 6) is -0.650. The summed E-state index contributed by atoms with van der Waals surface area (Å²) >= 11 is 1.41. The van der Waals surface area contributed by atoms with Crippen molar-refractivity contribution >= 4 is 34.5 Å². The molecule has 2 aromatic carbocycles. The van der Waals surface area contributed by atoms with Crippen LogP contribution < -0.4 is 30.6 Å². The summed E-state index contributed by atoms with van der Waals surface area (Å²) in [4.78, 5) is 36.0. The highest BCUT2D eigenvalue weighted by Crippen LogP contribution is 2.40. The molecule has 0 fully saturated rings. The SMILES string of the molecule is CCC/C=c1\c(C#N)c(O)n(N(C)C(=O)c2ccccc2)c(=O)\c1=C/c1sc(N(CCCC)CCCC)nc1-c1c(CO)cccc1OC. The lowest BCUT2D eigenvalue weighted by Gasteiger charge is -2.21. The van der Waals surface area contributed by atoms with E-state index in [1.54, 1.807) is 67.8 Å². The zero-order chi connectivity index (χ0) is 35.5. The summed E-state index contributed by atoms with van der Waals surface area (Å²) in [6.45, 7) is 7.60. The Morgan fingerprint density at radius 2 is 1.73 bits per heavy atom. The van der Waals surface area contributed by atoms with Crippen molar-refractivity contribution in [2.24, 2.45) is 0 Å². The van der Waals surface area contributed by atoms with Gasteiger partial charge in [-0.3, -0.25) is 9.59 Å². The first-order valence-corrected chi connectivity index (χ1v) is 17.5. The van der Waals surface area contributed by atoms with Gasteiger partial charge in [-0.1, -0.05) is 87.8 Å². The van der Waals surface area contributed by atoms with Crippen molar-refractivity contribution in [1.82, 2.24) is 9.66 Å². The number of methoxy groups -OCH3 is 1. The molecule has 0 aliphatic carbocycles. The molecule has 0 aliphatic heterocycles. The van der Waals surface area contributed by atoms with Crippen molar-refractivity contribution < 1.29 is 19.7 Å². The molecule has 0 saturated carbocycles. The number of thiazole rings is 1. The number of unbranched alkanes of at least 4 members (excludes halogenated alkanes) is 3. The van der Waals surface area contributed by atoms with Gasteiger partial charge in [0, 0.05) is 36.5 Å². The number of aromatic hydroxyl groups is 1. The van der Waals surface area contributed by atoms with Crippen LogP contribution in [-0.2, 0) is 6.61 Å². The van der Waals surface area contributed by atoms with Gasteiger partial charge in [0.05, 0.1) is 29.5 Å². The predicted molar refractivity (Wildman–Crippen MR) is 196 cm³/mol. The van der Waals surface area contributed by atoms with Crippen LogP contribution in [-0.4, -0.2) is 53.0 Å². The molecule has 0 saturated heterocycles. The zero-order valence-electron chi connectivity index (χ0n) is 28.9. The Kier molecular flexibility index (Phi) is 13.2. The first kappa shape index (κ1) is 36.9. The van der Waals surface area contributed by atoms with Gasteiger partial charge >= 0.3 is 0 Å². The topological polar surface area (TPSA) is 132 Å². The molecule has 0 bridgehead atoms. The Bertz CT molecular complexity index is 1950. The molecular weight excluding hydrogens is 639 g/mol. The van der Waals surface area contributed by atoms with Gasteiger partial charge < -0.3 is 19.8 Å². The lowest BCUT2D eigenvalue weighted by atomic mass is 10.0. The number of hydrogen-bond donors (Lipinski definition) is 2. The van der Waals surface area contributed by atoms with E-state index in [1.165, 1.54) is 18.4 Å². The molecule has 4 aromatic rings. The number of aliphatic hydroxyl groups is 1. The summed E-state index contributed by atoms with van der Waals surface area (Å²) in [6.07, 6.45) is 8.70. The molecule has 2 heterocycles. The van der Waals surface area contributed by atoms with Crippen molar-refractivity contribution in [2.75, 3.05) is 37.2 Å². The van der Waals surface area contributed by atoms with Gasteiger partial charge in [0.15, 0.2) is 5.13 Å². The van der Waals surface area contributed by atoms with Crippen molar-refractivity contribution in [3.63, 3.8) is 0 Å². The van der Waals surface area contributed by atoms with Gasteiger partial charge in [0.1, 0.15) is 17.4 Å². The monoisotopic (exact) mass is 683 g/mol. The number of carbonyl (C=O) groups is 1. The van der Waals surface area contributed by atoms with Gasteiger partial charge in [-0.25, -0.2) is 9.99 Å². The number of ether oxygens (including phenoxy) is 1. The van der Waals surface area contributed by atoms with E-state index >= 15 is 0 Å². The van der Waals surface area contributed by atoms with E-state index in [2.05, 4.69) is 24.8 Å². The summed E-state index contributed by atoms with van der Waals surface area (Å²) < 4.78 is 6.60. The van der Waals surface area contributed by atoms with Crippen LogP contribution in [0.3, 0.4) is 0 Å². The molecule has 4 rings (SSSR count). The average molecular weight is 684 g/mol. The van der Waals surface area contributed by atoms with Crippen LogP contribution in [0.25, 0.3) is 23.4 Å². The number of amides is 1. The van der Waals surface area contributed by atoms with Crippen molar-refractivity contribution in [3.8, 4) is 29.0 Å². The van der Waals surface area contributed by atoms with E-state index in [1.807, 2.05) is 6.92 Å². The van der Waals surface area contributed by atoms with Crippen LogP contribution in [0.15, 0.2) is 53.3 Å². The maximum absolute atomic E-state index is 14.5. The number of aromatic nitrogens is 2. The number of hydrogen-bond acceptors (Lipinski definition) is 9. The molecule has 0 radical (unpaired) electrons. The summed E-state index contributed by atoms with van der Waals surface area (Å²) in [6, 6.07) is 15.9. The van der Waals surface area contributed by atoms with Gasteiger partial charge in [0.25, 0.3) is 11.5 Å². The number of pyridine rings is 1. The molecule has 0 atom stereocenters. The van der Waals surface area contributed by atoms with Crippen molar-refractivity contribution in [1.29, 1.82) is 5.26 Å². The fourth-order valence-corrected chi connectivity index (χ4v) is 6.65. The molecule has 0 spiro atoms. The third kappa shape index (κ3) is 8.04. The highest BCUT2D eigenvalue weighted by atomic mass is 32.1. The van der Waals surface area contributed by atoms with Gasteiger partial charge in [-0.2, -0.15) is 9.94 Å². The number of nitrogens with zero attached hydrogens (tertiary/aromatic N) is 5. The number of rotatable bonds is 15. The first-order valence-electron chi connectivity index (χ1n) is 16.7. The lowest BCUT2D eigenvalue weighted by molar-refractivity contribution is 0.0961. The minimum absolute atomic E-state index is 0.126. The molecule has 49 heavy (non-hydrogen) atoms. The standard InChI is InChI=1S/C38H45N5O5S/c1-6-9-19-28-29(36(46)43(37(47)30(28)24-39)41(4)35(45)26-16-13-12-14-17-26)23-32-34(33-27(25-44)18-15-20-31(33)48-5)40-38(49-32)42(21-10-7-2)22-11-8-3/h12-20,23,44,47H,6-11,21-22,25H2,1-5H3/b28-19-,29-23-. The highest BCUT2D eigenvalue weighted by Gasteiger charge is 2.25. The first-order chi connectivity index (χ1) is 23.8. The fraction of sp³-hybridized carbons (Fsp3) is 0.368. The third-order valence-electron chi connectivity index (χ3n) is 8.26. The number of benzene rings is 2. The smallest absolute Gasteiger partial charge is 0.280 e. The van der Waals surface area contributed by atoms with E-state index in [4.69, 9.17) is 9.72 Å². The van der Waals surface area contributed by atoms with Crippen LogP contribution in [0, 0.1) is 11.3 Å². The normalized spacial score (nSPS) is 11.9. The molecule has 2 aromatic heterocycles. The second-order valence-electron chi connectivity index (χ2n) is 11.6. The largest absolute Gasteiger partial charge is 0.496 e. The van der Waals surface area contributed by atoms with Crippen LogP contribution in [0.2, 0.25) is 0 Å². The second kappa shape index (κ2) is 17.5. The molecule has 0 aliphatic rings. The summed E-state index contributed by atoms with van der Waals surface area (Å²) in [5, 5.41) is 34.3. The molecule has 258 valence electrons. The van der Waals surface area contributed by atoms with E-state index in [-0.39, 0.29) is 22.6 Å². The second-order valence-corrected chi connectivity index (χ2v) is 12.7. The van der Waals surface area contributed by atoms with E-state index in [0.717, 1.165) is 60.0 Å². The van der Waals surface area contributed by atoms with E-state index < -0.39 is 17.3 Å². The van der Waals surface area contributed by atoms with Crippen LogP contribution in [0.4, 0.5) is 5.13 Å². The van der Waals surface area contributed by atoms with Crippen molar-refractivity contribution in [2.45, 2.75) is 65.9 Å². The average Bonchev–Trinajstić information content (AvgIpc) is 3.54. The quantitative estimate of drug-likeness (QED) is 0.173. The Morgan fingerprint density at radius 3 is 2.33 bits per heavy atom. The van der Waals surface area contributed by atoms with Crippen molar-refractivity contribution in [3.05, 3.63) is 90.9 Å².